The molecule has 6 rings (SSSR count). The zero-order valence-corrected chi connectivity index (χ0v) is 43.2. The van der Waals surface area contributed by atoms with E-state index < -0.39 is 83.9 Å². The van der Waals surface area contributed by atoms with Gasteiger partial charge in [0.05, 0.1) is 64.3 Å². The van der Waals surface area contributed by atoms with Gasteiger partial charge in [0, 0.05) is 56.9 Å². The lowest BCUT2D eigenvalue weighted by Gasteiger charge is -2.42. The lowest BCUT2D eigenvalue weighted by molar-refractivity contribution is -0.261. The Labute approximate surface area is 432 Å². The van der Waals surface area contributed by atoms with E-state index in [9.17, 15) is 38.4 Å². The van der Waals surface area contributed by atoms with Crippen LogP contribution in [-0.4, -0.2) is 162 Å². The molecule has 1 saturated heterocycles. The van der Waals surface area contributed by atoms with E-state index in [1.54, 1.807) is 39.8 Å². The van der Waals surface area contributed by atoms with Crippen molar-refractivity contribution < 1.29 is 90.6 Å². The van der Waals surface area contributed by atoms with Crippen LogP contribution < -0.4 is 20.3 Å². The third kappa shape index (κ3) is 14.4. The van der Waals surface area contributed by atoms with Crippen molar-refractivity contribution in [3.8, 4) is 11.5 Å². The monoisotopic (exact) mass is 1050 g/mol. The zero-order chi connectivity index (χ0) is 54.6. The van der Waals surface area contributed by atoms with E-state index in [1.165, 1.54) is 37.3 Å². The summed E-state index contributed by atoms with van der Waals surface area (Å²) in [4.78, 5) is 112. The number of rotatable bonds is 22. The number of methoxy groups -OCH3 is 2. The molecule has 0 unspecified atom stereocenters. The molecule has 1 fully saturated rings. The minimum absolute atomic E-state index is 0.0116. The van der Waals surface area contributed by atoms with E-state index in [0.717, 1.165) is 31.2 Å². The van der Waals surface area contributed by atoms with E-state index in [4.69, 9.17) is 52.2 Å². The fraction of sp³-hybridized carbons (Fsp3) is 0.462. The van der Waals surface area contributed by atoms with Gasteiger partial charge in [-0.15, -0.1) is 0 Å². The quantitative estimate of drug-likeness (QED) is 0.0266. The molecule has 0 aromatic heterocycles. The van der Waals surface area contributed by atoms with Crippen molar-refractivity contribution in [3.05, 3.63) is 82.9 Å². The molecule has 75 heavy (non-hydrogen) atoms. The Hall–Kier alpha value is -7.60. The van der Waals surface area contributed by atoms with Gasteiger partial charge in [-0.3, -0.25) is 33.7 Å². The SMILES string of the molecule is COC(=O)[C@H]1O[C@@H](Oc2ccc(COC(=O)N(C)CCN3C(=O)c4ccc(OC)c5cc6ccccc6c(c45)C3=O)cc2C(=O)NCCOCCOCCONC(=O)OC(C)(C)C)[C@H](C)[C@@H](OC(C)=O)[C@@H]1OC(C)=O. The van der Waals surface area contributed by atoms with Crippen LogP contribution in [0.2, 0.25) is 0 Å². The normalized spacial score (nSPS) is 18.2. The third-order valence-corrected chi connectivity index (χ3v) is 11.7. The van der Waals surface area contributed by atoms with E-state index in [-0.39, 0.29) is 70.6 Å². The molecule has 0 spiro atoms. The van der Waals surface area contributed by atoms with Crippen LogP contribution in [-0.2, 0) is 63.7 Å². The van der Waals surface area contributed by atoms with Crippen LogP contribution in [0.1, 0.15) is 78.2 Å². The van der Waals surface area contributed by atoms with Gasteiger partial charge in [0.2, 0.25) is 6.29 Å². The standard InChI is InChI=1S/C52H62N4O19/c1-29-42(71-30(2)57)43(72-31(3)58)44(48(62)66-9)74-49(29)73-39-16-14-32(26-37(39)45(59)53-18-21-67-22-23-68-24-25-70-54-50(63)75-52(4,5)6)28-69-51(64)55(7)19-20-56-46(60)35-15-17-38(65-8)36-27-33-12-10-11-13-34(33)41(40(35)36)47(56)61/h10-17,26-27,29,42-44,49H,18-25,28H2,1-9H3,(H,53,59)(H,54,63)/t29-,42-,43+,44+,49-/m1/s1. The highest BCUT2D eigenvalue weighted by molar-refractivity contribution is 6.31. The summed E-state index contributed by atoms with van der Waals surface area (Å²) in [6, 6.07) is 16.9. The largest absolute Gasteiger partial charge is 0.496 e. The number of hydrogen-bond donors (Lipinski definition) is 2. The van der Waals surface area contributed by atoms with Gasteiger partial charge < -0.3 is 57.6 Å². The van der Waals surface area contributed by atoms with E-state index in [1.807, 2.05) is 30.3 Å². The van der Waals surface area contributed by atoms with Gasteiger partial charge in [-0.05, 0) is 67.4 Å². The summed E-state index contributed by atoms with van der Waals surface area (Å²) in [5.74, 6) is -4.66. The Morgan fingerprint density at radius 3 is 2.17 bits per heavy atom. The molecule has 2 heterocycles. The minimum atomic E-state index is -1.61. The van der Waals surface area contributed by atoms with Crippen molar-refractivity contribution >= 4 is 69.4 Å². The molecule has 4 aromatic carbocycles. The Kier molecular flexibility index (Phi) is 19.3. The fourth-order valence-electron chi connectivity index (χ4n) is 8.24. The maximum atomic E-state index is 14.2. The Bertz CT molecular complexity index is 2780. The molecule has 2 aliphatic rings. The molecule has 0 saturated carbocycles. The first-order valence-electron chi connectivity index (χ1n) is 23.9. The molecule has 0 radical (unpaired) electrons. The number of hydroxylamine groups is 1. The highest BCUT2D eigenvalue weighted by Crippen LogP contribution is 2.40. The average Bonchev–Trinajstić information content (AvgIpc) is 3.36. The van der Waals surface area contributed by atoms with Crippen molar-refractivity contribution in [3.63, 3.8) is 0 Å². The number of carbonyl (C=O) groups excluding carboxylic acids is 8. The minimum Gasteiger partial charge on any atom is -0.496 e. The number of ether oxygens (including phenoxy) is 10. The molecule has 2 N–H and O–H groups in total. The number of likely N-dealkylation sites (N-methyl/N-ethyl adjacent to an activating group) is 1. The number of carbonyl (C=O) groups is 8. The smallest absolute Gasteiger partial charge is 0.431 e. The van der Waals surface area contributed by atoms with Crippen molar-refractivity contribution in [2.45, 2.75) is 78.4 Å². The summed E-state index contributed by atoms with van der Waals surface area (Å²) in [6.07, 6.45) is -7.22. The molecule has 23 heteroatoms. The molecule has 404 valence electrons. The summed E-state index contributed by atoms with van der Waals surface area (Å²) < 4.78 is 55.4. The lowest BCUT2D eigenvalue weighted by Crippen LogP contribution is -2.60. The van der Waals surface area contributed by atoms with Crippen molar-refractivity contribution in [1.29, 1.82) is 0 Å². The highest BCUT2D eigenvalue weighted by Gasteiger charge is 2.52. The predicted molar refractivity (Wildman–Crippen MR) is 263 cm³/mol. The second-order valence-corrected chi connectivity index (χ2v) is 18.3. The van der Waals surface area contributed by atoms with Crippen LogP contribution in [0.3, 0.4) is 0 Å². The predicted octanol–water partition coefficient (Wildman–Crippen LogP) is 4.86. The molecular weight excluding hydrogens is 985 g/mol. The molecule has 0 bridgehead atoms. The topological polar surface area (TPSA) is 269 Å². The number of imide groups is 1. The lowest BCUT2D eigenvalue weighted by atomic mass is 9.89. The van der Waals surface area contributed by atoms with E-state index in [2.05, 4.69) is 10.8 Å². The van der Waals surface area contributed by atoms with E-state index in [0.29, 0.717) is 38.6 Å². The van der Waals surface area contributed by atoms with Gasteiger partial charge in [0.25, 0.3) is 17.7 Å². The van der Waals surface area contributed by atoms with Crippen LogP contribution in [0.25, 0.3) is 21.5 Å². The third-order valence-electron chi connectivity index (χ3n) is 11.7. The second kappa shape index (κ2) is 25.6. The number of fused-ring (bicyclic) bond motifs is 2. The van der Waals surface area contributed by atoms with Crippen LogP contribution in [0, 0.1) is 5.92 Å². The van der Waals surface area contributed by atoms with Crippen LogP contribution in [0.15, 0.2) is 60.7 Å². The van der Waals surface area contributed by atoms with Crippen molar-refractivity contribution in [2.75, 3.05) is 73.9 Å². The van der Waals surface area contributed by atoms with Crippen LogP contribution >= 0.6 is 0 Å². The number of benzene rings is 4. The van der Waals surface area contributed by atoms with E-state index >= 15 is 0 Å². The average molecular weight is 1050 g/mol. The van der Waals surface area contributed by atoms with Gasteiger partial charge in [-0.2, -0.15) is 5.48 Å². The molecule has 23 nitrogen and oxygen atoms in total. The Balaban J connectivity index is 1.11. The molecule has 5 atom stereocenters. The first kappa shape index (κ1) is 56.7. The molecular formula is C52H62N4O19. The summed E-state index contributed by atoms with van der Waals surface area (Å²) in [5.41, 5.74) is 2.41. The Morgan fingerprint density at radius 1 is 0.800 bits per heavy atom. The summed E-state index contributed by atoms with van der Waals surface area (Å²) in [5, 5.41) is 5.31. The summed E-state index contributed by atoms with van der Waals surface area (Å²) in [6.45, 7) is 8.94. The summed E-state index contributed by atoms with van der Waals surface area (Å²) >= 11 is 0. The maximum Gasteiger partial charge on any atom is 0.431 e. The van der Waals surface area contributed by atoms with Gasteiger partial charge in [-0.25, -0.2) is 14.4 Å². The molecule has 4 aromatic rings. The Morgan fingerprint density at radius 2 is 1.48 bits per heavy atom. The maximum absolute atomic E-state index is 14.2. The van der Waals surface area contributed by atoms with Crippen LogP contribution in [0.5, 0.6) is 11.5 Å². The van der Waals surface area contributed by atoms with Gasteiger partial charge in [0.1, 0.15) is 23.7 Å². The number of hydrogen-bond acceptors (Lipinski definition) is 19. The molecule has 5 amide bonds. The first-order valence-corrected chi connectivity index (χ1v) is 23.9. The summed E-state index contributed by atoms with van der Waals surface area (Å²) in [7, 11) is 4.05. The van der Waals surface area contributed by atoms with Crippen molar-refractivity contribution in [1.82, 2.24) is 20.6 Å². The first-order chi connectivity index (χ1) is 35.7. The van der Waals surface area contributed by atoms with Crippen molar-refractivity contribution in [2.24, 2.45) is 5.92 Å². The van der Waals surface area contributed by atoms with Gasteiger partial charge in [0.15, 0.2) is 18.3 Å². The van der Waals surface area contributed by atoms with Gasteiger partial charge in [-0.1, -0.05) is 37.3 Å². The van der Waals surface area contributed by atoms with Gasteiger partial charge >= 0.3 is 30.1 Å². The fourth-order valence-corrected chi connectivity index (χ4v) is 8.24. The molecule has 2 aliphatic heterocycles. The zero-order valence-electron chi connectivity index (χ0n) is 43.2. The number of amides is 5. The highest BCUT2D eigenvalue weighted by atomic mass is 16.7. The number of nitrogens with one attached hydrogen (secondary N) is 2. The van der Waals surface area contributed by atoms with Crippen LogP contribution in [0.4, 0.5) is 9.59 Å². The number of esters is 3. The molecule has 0 aliphatic carbocycles. The second-order valence-electron chi connectivity index (χ2n) is 18.3. The number of nitrogens with zero attached hydrogens (tertiary/aromatic N) is 2.